The number of nitrogens with zero attached hydrogens (tertiary/aromatic N) is 1. The first-order chi connectivity index (χ1) is 11.2. The Morgan fingerprint density at radius 1 is 1.00 bits per heavy atom. The third-order valence-electron chi connectivity index (χ3n) is 2.63. The van der Waals surface area contributed by atoms with Crippen LogP contribution in [0, 0.1) is 0 Å². The molecule has 0 aliphatic carbocycles. The number of halogens is 3. The molecule has 0 heterocycles. The highest BCUT2D eigenvalue weighted by molar-refractivity contribution is 9.10. The van der Waals surface area contributed by atoms with Crippen LogP contribution in [0.5, 0.6) is 0 Å². The predicted octanol–water partition coefficient (Wildman–Crippen LogP) is 6.06. The number of hydrogen-bond acceptors (Lipinski definition) is 4. The van der Waals surface area contributed by atoms with Gasteiger partial charge in [0.25, 0.3) is 6.43 Å². The highest BCUT2D eigenvalue weighted by atomic mass is 79.9. The minimum atomic E-state index is -2.78. The van der Waals surface area contributed by atoms with E-state index in [1.807, 2.05) is 0 Å². The maximum Gasteiger partial charge on any atom is 0.424 e. The first kappa shape index (κ1) is 21.3. The Morgan fingerprint density at radius 2 is 1.44 bits per heavy atom. The van der Waals surface area contributed by atoms with E-state index in [9.17, 15) is 18.4 Å². The summed E-state index contributed by atoms with van der Waals surface area (Å²) in [7, 11) is 0. The molecule has 0 atom stereocenters. The van der Waals surface area contributed by atoms with Crippen molar-refractivity contribution in [1.29, 1.82) is 0 Å². The minimum Gasteiger partial charge on any atom is -0.443 e. The van der Waals surface area contributed by atoms with Crippen LogP contribution < -0.4 is 4.90 Å². The normalized spacial score (nSPS) is 12.1. The second-order valence-corrected chi connectivity index (χ2v) is 8.16. The van der Waals surface area contributed by atoms with Crippen molar-refractivity contribution >= 4 is 33.8 Å². The zero-order valence-corrected chi connectivity index (χ0v) is 16.6. The quantitative estimate of drug-likeness (QED) is 0.581. The zero-order chi connectivity index (χ0) is 19.6. The van der Waals surface area contributed by atoms with Crippen molar-refractivity contribution in [2.24, 2.45) is 0 Å². The SMILES string of the molecule is CC(C)(C)OC(=O)N(C(=O)OC(C)(C)C)c1ccc(Br)c(C(F)F)c1. The molecule has 0 fully saturated rings. The first-order valence-electron chi connectivity index (χ1n) is 7.55. The second-order valence-electron chi connectivity index (χ2n) is 7.30. The van der Waals surface area contributed by atoms with E-state index in [1.54, 1.807) is 41.5 Å². The summed E-state index contributed by atoms with van der Waals surface area (Å²) >= 11 is 3.02. The summed E-state index contributed by atoms with van der Waals surface area (Å²) in [5.41, 5.74) is -2.17. The van der Waals surface area contributed by atoms with E-state index in [2.05, 4.69) is 15.9 Å². The predicted molar refractivity (Wildman–Crippen MR) is 94.0 cm³/mol. The molecule has 0 saturated carbocycles. The molecule has 0 bridgehead atoms. The molecule has 1 aromatic rings. The fourth-order valence-corrected chi connectivity index (χ4v) is 2.16. The van der Waals surface area contributed by atoms with Gasteiger partial charge in [-0.25, -0.2) is 18.4 Å². The third-order valence-corrected chi connectivity index (χ3v) is 3.35. The molecule has 25 heavy (non-hydrogen) atoms. The average Bonchev–Trinajstić information content (AvgIpc) is 2.36. The highest BCUT2D eigenvalue weighted by Gasteiger charge is 2.33. The fraction of sp³-hybridized carbons (Fsp3) is 0.529. The molecule has 1 rings (SSSR count). The number of anilines is 1. The molecule has 140 valence electrons. The van der Waals surface area contributed by atoms with Gasteiger partial charge in [-0.1, -0.05) is 15.9 Å². The number of benzene rings is 1. The largest absolute Gasteiger partial charge is 0.443 e. The highest BCUT2D eigenvalue weighted by Crippen LogP contribution is 2.32. The van der Waals surface area contributed by atoms with Crippen molar-refractivity contribution in [3.63, 3.8) is 0 Å². The summed E-state index contributed by atoms with van der Waals surface area (Å²) in [6.45, 7) is 9.78. The topological polar surface area (TPSA) is 55.8 Å². The summed E-state index contributed by atoms with van der Waals surface area (Å²) in [4.78, 5) is 25.5. The fourth-order valence-electron chi connectivity index (χ4n) is 1.74. The maximum absolute atomic E-state index is 13.1. The number of carbonyl (C=O) groups is 2. The van der Waals surface area contributed by atoms with Crippen LogP contribution in [0.25, 0.3) is 0 Å². The number of alkyl halides is 2. The van der Waals surface area contributed by atoms with E-state index in [0.717, 1.165) is 6.07 Å². The lowest BCUT2D eigenvalue weighted by molar-refractivity contribution is 0.0430. The second kappa shape index (κ2) is 7.68. The molecule has 0 radical (unpaired) electrons. The third kappa shape index (κ3) is 6.61. The van der Waals surface area contributed by atoms with Crippen molar-refractivity contribution in [2.75, 3.05) is 4.90 Å². The van der Waals surface area contributed by atoms with Crippen molar-refractivity contribution in [2.45, 2.75) is 59.2 Å². The maximum atomic E-state index is 13.1. The van der Waals surface area contributed by atoms with Gasteiger partial charge in [0.15, 0.2) is 0 Å². The number of amides is 2. The molecule has 0 aliphatic heterocycles. The van der Waals surface area contributed by atoms with Gasteiger partial charge in [-0.2, -0.15) is 4.90 Å². The van der Waals surface area contributed by atoms with E-state index >= 15 is 0 Å². The molecule has 0 aliphatic rings. The zero-order valence-electron chi connectivity index (χ0n) is 15.0. The van der Waals surface area contributed by atoms with Crippen molar-refractivity contribution < 1.29 is 27.8 Å². The number of rotatable bonds is 2. The Kier molecular flexibility index (Phi) is 6.55. The van der Waals surface area contributed by atoms with Crippen LogP contribution in [0.2, 0.25) is 0 Å². The molecule has 2 amide bonds. The Morgan fingerprint density at radius 3 is 1.80 bits per heavy atom. The average molecular weight is 422 g/mol. The Bertz CT molecular complexity index is 623. The van der Waals surface area contributed by atoms with Crippen molar-refractivity contribution in [3.8, 4) is 0 Å². The van der Waals surface area contributed by atoms with E-state index in [4.69, 9.17) is 9.47 Å². The van der Waals surface area contributed by atoms with E-state index < -0.39 is 29.8 Å². The smallest absolute Gasteiger partial charge is 0.424 e. The molecule has 5 nitrogen and oxygen atoms in total. The van der Waals surface area contributed by atoms with Gasteiger partial charge in [-0.15, -0.1) is 0 Å². The lowest BCUT2D eigenvalue weighted by Crippen LogP contribution is -2.43. The summed E-state index contributed by atoms with van der Waals surface area (Å²) in [6, 6.07) is 3.73. The van der Waals surface area contributed by atoms with Gasteiger partial charge in [0.05, 0.1) is 5.69 Å². The molecule has 0 saturated heterocycles. The Balaban J connectivity index is 3.34. The van der Waals surface area contributed by atoms with Gasteiger partial charge in [-0.05, 0) is 59.7 Å². The van der Waals surface area contributed by atoms with E-state index in [1.165, 1.54) is 12.1 Å². The summed E-state index contributed by atoms with van der Waals surface area (Å²) < 4.78 is 36.9. The molecule has 8 heteroatoms. The molecule has 1 aromatic carbocycles. The van der Waals surface area contributed by atoms with Gasteiger partial charge in [0, 0.05) is 10.0 Å². The van der Waals surface area contributed by atoms with Gasteiger partial charge < -0.3 is 9.47 Å². The summed E-state index contributed by atoms with van der Waals surface area (Å²) in [5, 5.41) is 0. The van der Waals surface area contributed by atoms with E-state index in [-0.39, 0.29) is 15.7 Å². The minimum absolute atomic E-state index is 0.0676. The number of carbonyl (C=O) groups excluding carboxylic acids is 2. The van der Waals surface area contributed by atoms with Crippen LogP contribution in [0.1, 0.15) is 53.5 Å². The molecular weight excluding hydrogens is 400 g/mol. The van der Waals surface area contributed by atoms with Gasteiger partial charge in [-0.3, -0.25) is 0 Å². The van der Waals surface area contributed by atoms with Crippen LogP contribution in [-0.2, 0) is 9.47 Å². The Labute approximate surface area is 154 Å². The molecule has 0 spiro atoms. The van der Waals surface area contributed by atoms with Gasteiger partial charge in [0.2, 0.25) is 0 Å². The standard InChI is InChI=1S/C17H22BrF2NO4/c1-16(2,3)24-14(22)21(15(23)25-17(4,5)6)10-7-8-12(18)11(9-10)13(19)20/h7-9,13H,1-6H3. The lowest BCUT2D eigenvalue weighted by atomic mass is 10.2. The van der Waals surface area contributed by atoms with Crippen LogP contribution in [-0.4, -0.2) is 23.4 Å². The van der Waals surface area contributed by atoms with Gasteiger partial charge >= 0.3 is 12.2 Å². The molecule has 0 aromatic heterocycles. The summed E-state index contributed by atoms with van der Waals surface area (Å²) in [6.07, 6.45) is -4.80. The van der Waals surface area contributed by atoms with Gasteiger partial charge in [0.1, 0.15) is 11.2 Å². The number of ether oxygens (including phenoxy) is 2. The number of imide groups is 1. The molecule has 0 unspecified atom stereocenters. The Hall–Kier alpha value is -1.70. The number of hydrogen-bond donors (Lipinski definition) is 0. The van der Waals surface area contributed by atoms with Crippen LogP contribution in [0.3, 0.4) is 0 Å². The van der Waals surface area contributed by atoms with Crippen LogP contribution in [0.4, 0.5) is 24.1 Å². The van der Waals surface area contributed by atoms with Crippen molar-refractivity contribution in [3.05, 3.63) is 28.2 Å². The molecule has 0 N–H and O–H groups in total. The lowest BCUT2D eigenvalue weighted by Gasteiger charge is -2.28. The first-order valence-corrected chi connectivity index (χ1v) is 8.34. The van der Waals surface area contributed by atoms with Crippen molar-refractivity contribution in [1.82, 2.24) is 0 Å². The summed E-state index contributed by atoms with van der Waals surface area (Å²) in [5.74, 6) is 0. The van der Waals surface area contributed by atoms with E-state index in [0.29, 0.717) is 4.90 Å². The van der Waals surface area contributed by atoms with Crippen LogP contribution >= 0.6 is 15.9 Å². The monoisotopic (exact) mass is 421 g/mol. The molecular formula is C17H22BrF2NO4. The van der Waals surface area contributed by atoms with Crippen LogP contribution in [0.15, 0.2) is 22.7 Å².